The number of nitrogens with zero attached hydrogens (tertiary/aromatic N) is 2. The van der Waals surface area contributed by atoms with Crippen LogP contribution in [0.25, 0.3) is 0 Å². The van der Waals surface area contributed by atoms with E-state index >= 15 is 0 Å². The van der Waals surface area contributed by atoms with Crippen LogP contribution in [0, 0.1) is 5.92 Å². The highest BCUT2D eigenvalue weighted by atomic mass is 32.1. The second kappa shape index (κ2) is 6.34. The average molecular weight is 271 g/mol. The number of carbonyl (C=O) groups is 2. The standard InChI is InChI=1S/C11H17N3O3S/c1-3-14(5-7(2)10(16)17)9(15)4-8-6-18-11(12)13-8/h6-7H,3-5H2,1-2H3,(H2,12,13)(H,16,17). The summed E-state index contributed by atoms with van der Waals surface area (Å²) in [4.78, 5) is 28.3. The number of likely N-dealkylation sites (N-methyl/N-ethyl adjacent to an activating group) is 1. The van der Waals surface area contributed by atoms with Gasteiger partial charge < -0.3 is 15.7 Å². The zero-order chi connectivity index (χ0) is 13.7. The van der Waals surface area contributed by atoms with E-state index in [1.807, 2.05) is 6.92 Å². The minimum Gasteiger partial charge on any atom is -0.481 e. The summed E-state index contributed by atoms with van der Waals surface area (Å²) >= 11 is 1.29. The topological polar surface area (TPSA) is 96.5 Å². The summed E-state index contributed by atoms with van der Waals surface area (Å²) in [6, 6.07) is 0. The smallest absolute Gasteiger partial charge is 0.308 e. The molecule has 1 aromatic rings. The van der Waals surface area contributed by atoms with Crippen LogP contribution in [-0.2, 0) is 16.0 Å². The summed E-state index contributed by atoms with van der Waals surface area (Å²) in [7, 11) is 0. The van der Waals surface area contributed by atoms with Gasteiger partial charge in [0.05, 0.1) is 18.0 Å². The molecule has 7 heteroatoms. The third kappa shape index (κ3) is 3.99. The van der Waals surface area contributed by atoms with Gasteiger partial charge in [-0.1, -0.05) is 6.92 Å². The summed E-state index contributed by atoms with van der Waals surface area (Å²) in [5.74, 6) is -1.61. The number of carboxylic acid groups (broad SMARTS) is 1. The molecule has 0 aliphatic heterocycles. The van der Waals surface area contributed by atoms with Crippen molar-refractivity contribution in [3.8, 4) is 0 Å². The van der Waals surface area contributed by atoms with Gasteiger partial charge in [-0.3, -0.25) is 9.59 Å². The second-order valence-electron chi connectivity index (χ2n) is 4.03. The molecule has 3 N–H and O–H groups in total. The van der Waals surface area contributed by atoms with Gasteiger partial charge in [0, 0.05) is 18.5 Å². The molecule has 1 unspecified atom stereocenters. The predicted molar refractivity (Wildman–Crippen MR) is 69.3 cm³/mol. The molecule has 1 heterocycles. The molecule has 0 aromatic carbocycles. The van der Waals surface area contributed by atoms with Gasteiger partial charge in [0.2, 0.25) is 5.91 Å². The highest BCUT2D eigenvalue weighted by Gasteiger charge is 2.20. The van der Waals surface area contributed by atoms with Crippen molar-refractivity contribution in [3.05, 3.63) is 11.1 Å². The number of thiazole rings is 1. The summed E-state index contributed by atoms with van der Waals surface area (Å²) in [6.45, 7) is 4.10. The van der Waals surface area contributed by atoms with Crippen molar-refractivity contribution in [2.45, 2.75) is 20.3 Å². The molecule has 6 nitrogen and oxygen atoms in total. The van der Waals surface area contributed by atoms with Crippen molar-refractivity contribution in [1.29, 1.82) is 0 Å². The Bertz CT molecular complexity index is 433. The molecule has 1 aromatic heterocycles. The lowest BCUT2D eigenvalue weighted by Crippen LogP contribution is -2.37. The molecular weight excluding hydrogens is 254 g/mol. The summed E-state index contributed by atoms with van der Waals surface area (Å²) in [5.41, 5.74) is 6.12. The van der Waals surface area contributed by atoms with Gasteiger partial charge >= 0.3 is 5.97 Å². The van der Waals surface area contributed by atoms with E-state index in [9.17, 15) is 9.59 Å². The van der Waals surface area contributed by atoms with E-state index in [-0.39, 0.29) is 18.9 Å². The molecule has 100 valence electrons. The van der Waals surface area contributed by atoms with Crippen LogP contribution >= 0.6 is 11.3 Å². The molecule has 0 aliphatic rings. The van der Waals surface area contributed by atoms with E-state index in [1.54, 1.807) is 12.3 Å². The molecule has 1 atom stereocenters. The van der Waals surface area contributed by atoms with Crippen LogP contribution in [0.5, 0.6) is 0 Å². The quantitative estimate of drug-likeness (QED) is 0.799. The molecule has 0 saturated carbocycles. The Morgan fingerprint density at radius 2 is 2.28 bits per heavy atom. The van der Waals surface area contributed by atoms with Gasteiger partial charge in [-0.2, -0.15) is 0 Å². The number of hydrogen-bond acceptors (Lipinski definition) is 5. The fourth-order valence-corrected chi connectivity index (χ4v) is 2.05. The number of aliphatic carboxylic acids is 1. The van der Waals surface area contributed by atoms with Crippen LogP contribution in [0.15, 0.2) is 5.38 Å². The fraction of sp³-hybridized carbons (Fsp3) is 0.545. The number of nitrogen functional groups attached to an aromatic ring is 1. The van der Waals surface area contributed by atoms with Crippen LogP contribution < -0.4 is 5.73 Å². The SMILES string of the molecule is CCN(CC(C)C(=O)O)C(=O)Cc1csc(N)n1. The van der Waals surface area contributed by atoms with Gasteiger partial charge in [0.15, 0.2) is 5.13 Å². The van der Waals surface area contributed by atoms with Crippen LogP contribution in [0.2, 0.25) is 0 Å². The predicted octanol–water partition coefficient (Wildman–Crippen LogP) is 0.837. The molecule has 1 rings (SSSR count). The number of rotatable bonds is 6. The number of hydrogen-bond donors (Lipinski definition) is 2. The van der Waals surface area contributed by atoms with Crippen molar-refractivity contribution in [1.82, 2.24) is 9.88 Å². The molecule has 0 aliphatic carbocycles. The molecule has 1 amide bonds. The Morgan fingerprint density at radius 3 is 2.72 bits per heavy atom. The van der Waals surface area contributed by atoms with E-state index in [0.29, 0.717) is 17.4 Å². The number of carboxylic acids is 1. The molecule has 0 saturated heterocycles. The minimum atomic E-state index is -0.904. The Hall–Kier alpha value is -1.63. The van der Waals surface area contributed by atoms with Crippen LogP contribution in [0.4, 0.5) is 5.13 Å². The monoisotopic (exact) mass is 271 g/mol. The number of amides is 1. The van der Waals surface area contributed by atoms with Gasteiger partial charge in [0.25, 0.3) is 0 Å². The van der Waals surface area contributed by atoms with Gasteiger partial charge in [-0.15, -0.1) is 11.3 Å². The lowest BCUT2D eigenvalue weighted by atomic mass is 10.1. The van der Waals surface area contributed by atoms with Crippen LogP contribution in [-0.4, -0.2) is 40.0 Å². The maximum atomic E-state index is 12.0. The third-order valence-electron chi connectivity index (χ3n) is 2.55. The second-order valence-corrected chi connectivity index (χ2v) is 4.92. The summed E-state index contributed by atoms with van der Waals surface area (Å²) in [5, 5.41) is 11.0. The lowest BCUT2D eigenvalue weighted by Gasteiger charge is -2.22. The van der Waals surface area contributed by atoms with E-state index in [4.69, 9.17) is 10.8 Å². The summed E-state index contributed by atoms with van der Waals surface area (Å²) < 4.78 is 0. The minimum absolute atomic E-state index is 0.129. The van der Waals surface area contributed by atoms with Gasteiger partial charge in [-0.05, 0) is 6.92 Å². The number of nitrogens with two attached hydrogens (primary N) is 1. The Kier molecular flexibility index (Phi) is 5.08. The van der Waals surface area contributed by atoms with Gasteiger partial charge in [0.1, 0.15) is 0 Å². The average Bonchev–Trinajstić information content (AvgIpc) is 2.70. The fourth-order valence-electron chi connectivity index (χ4n) is 1.49. The van der Waals surface area contributed by atoms with Crippen LogP contribution in [0.3, 0.4) is 0 Å². The van der Waals surface area contributed by atoms with Crippen molar-refractivity contribution in [3.63, 3.8) is 0 Å². The first-order chi connectivity index (χ1) is 8.43. The molecule has 0 radical (unpaired) electrons. The molecule has 18 heavy (non-hydrogen) atoms. The Balaban J connectivity index is 2.59. The maximum Gasteiger partial charge on any atom is 0.308 e. The first kappa shape index (κ1) is 14.4. The first-order valence-electron chi connectivity index (χ1n) is 5.64. The highest BCUT2D eigenvalue weighted by molar-refractivity contribution is 7.13. The van der Waals surface area contributed by atoms with Gasteiger partial charge in [-0.25, -0.2) is 4.98 Å². The van der Waals surface area contributed by atoms with Crippen molar-refractivity contribution < 1.29 is 14.7 Å². The highest BCUT2D eigenvalue weighted by Crippen LogP contribution is 2.12. The third-order valence-corrected chi connectivity index (χ3v) is 3.27. The number of aromatic nitrogens is 1. The zero-order valence-corrected chi connectivity index (χ0v) is 11.2. The largest absolute Gasteiger partial charge is 0.481 e. The van der Waals surface area contributed by atoms with Crippen molar-refractivity contribution in [2.75, 3.05) is 18.8 Å². The van der Waals surface area contributed by atoms with E-state index in [0.717, 1.165) is 0 Å². The molecule has 0 fully saturated rings. The first-order valence-corrected chi connectivity index (χ1v) is 6.52. The normalized spacial score (nSPS) is 12.1. The Labute approximate surface area is 109 Å². The molecule has 0 spiro atoms. The molecule has 0 bridgehead atoms. The van der Waals surface area contributed by atoms with E-state index in [2.05, 4.69) is 4.98 Å². The van der Waals surface area contributed by atoms with Crippen molar-refractivity contribution >= 4 is 28.3 Å². The number of carbonyl (C=O) groups excluding carboxylic acids is 1. The van der Waals surface area contributed by atoms with Crippen LogP contribution in [0.1, 0.15) is 19.5 Å². The summed E-state index contributed by atoms with van der Waals surface area (Å²) in [6.07, 6.45) is 0.161. The molecular formula is C11H17N3O3S. The Morgan fingerprint density at radius 1 is 1.61 bits per heavy atom. The maximum absolute atomic E-state index is 12.0. The lowest BCUT2D eigenvalue weighted by molar-refractivity contribution is -0.142. The van der Waals surface area contributed by atoms with E-state index in [1.165, 1.54) is 16.2 Å². The van der Waals surface area contributed by atoms with E-state index < -0.39 is 11.9 Å². The van der Waals surface area contributed by atoms with Crippen molar-refractivity contribution in [2.24, 2.45) is 5.92 Å². The zero-order valence-electron chi connectivity index (χ0n) is 10.4. The number of anilines is 1.